The number of carbonyl (C=O) groups is 1. The number of halogens is 1. The first-order valence-corrected chi connectivity index (χ1v) is 8.58. The largest absolute Gasteiger partial charge is 0.497 e. The lowest BCUT2D eigenvalue weighted by atomic mass is 9.95. The third-order valence-corrected chi connectivity index (χ3v) is 4.23. The molecule has 140 valence electrons. The van der Waals surface area contributed by atoms with Gasteiger partial charge in [0.05, 0.1) is 13.7 Å². The van der Waals surface area contributed by atoms with Crippen molar-refractivity contribution in [1.82, 2.24) is 16.0 Å². The number of guanidine groups is 1. The third-order valence-electron chi connectivity index (χ3n) is 4.23. The van der Waals surface area contributed by atoms with Crippen LogP contribution in [0.2, 0.25) is 0 Å². The zero-order valence-corrected chi connectivity index (χ0v) is 17.3. The molecule has 0 aromatic heterocycles. The first-order valence-electron chi connectivity index (χ1n) is 8.58. The van der Waals surface area contributed by atoms with Gasteiger partial charge in [-0.2, -0.15) is 0 Å². The molecule has 0 radical (unpaired) electrons. The summed E-state index contributed by atoms with van der Waals surface area (Å²) in [5, 5.41) is 9.34. The molecule has 1 aliphatic carbocycles. The summed E-state index contributed by atoms with van der Waals surface area (Å²) < 4.78 is 5.14. The van der Waals surface area contributed by atoms with Crippen LogP contribution in [-0.4, -0.2) is 38.6 Å². The Morgan fingerprint density at radius 3 is 2.44 bits per heavy atom. The number of benzene rings is 1. The molecular weight excluding hydrogens is 431 g/mol. The van der Waals surface area contributed by atoms with Crippen LogP contribution >= 0.6 is 24.0 Å². The van der Waals surface area contributed by atoms with Crippen molar-refractivity contribution in [3.8, 4) is 5.75 Å². The Kier molecular flexibility index (Phi) is 10.3. The summed E-state index contributed by atoms with van der Waals surface area (Å²) in [6, 6.07) is 8.17. The van der Waals surface area contributed by atoms with Gasteiger partial charge >= 0.3 is 0 Å². The van der Waals surface area contributed by atoms with E-state index >= 15 is 0 Å². The Balaban J connectivity index is 0.00000312. The Bertz CT molecular complexity index is 543. The Labute approximate surface area is 167 Å². The van der Waals surface area contributed by atoms with Crippen LogP contribution < -0.4 is 20.7 Å². The maximum absolute atomic E-state index is 12.0. The van der Waals surface area contributed by atoms with Gasteiger partial charge in [0.15, 0.2) is 5.96 Å². The van der Waals surface area contributed by atoms with Gasteiger partial charge in [-0.05, 0) is 30.5 Å². The molecule has 3 N–H and O–H groups in total. The van der Waals surface area contributed by atoms with Crippen LogP contribution in [0.3, 0.4) is 0 Å². The fourth-order valence-electron chi connectivity index (χ4n) is 2.84. The van der Waals surface area contributed by atoms with Crippen molar-refractivity contribution >= 4 is 35.8 Å². The maximum atomic E-state index is 12.0. The number of aliphatic imine (C=N–C) groups is 1. The highest BCUT2D eigenvalue weighted by molar-refractivity contribution is 14.0. The van der Waals surface area contributed by atoms with Crippen molar-refractivity contribution in [3.05, 3.63) is 29.8 Å². The van der Waals surface area contributed by atoms with E-state index in [1.807, 2.05) is 24.3 Å². The van der Waals surface area contributed by atoms with E-state index in [-0.39, 0.29) is 36.4 Å². The minimum Gasteiger partial charge on any atom is -0.497 e. The van der Waals surface area contributed by atoms with Crippen LogP contribution in [0.25, 0.3) is 0 Å². The zero-order chi connectivity index (χ0) is 17.2. The Morgan fingerprint density at radius 2 is 1.84 bits per heavy atom. The number of hydrogen-bond donors (Lipinski definition) is 3. The molecule has 0 atom stereocenters. The number of nitrogens with zero attached hydrogens (tertiary/aromatic N) is 1. The second-order valence-electron chi connectivity index (χ2n) is 6.03. The van der Waals surface area contributed by atoms with E-state index in [1.54, 1.807) is 14.2 Å². The number of hydrogen-bond acceptors (Lipinski definition) is 3. The summed E-state index contributed by atoms with van der Waals surface area (Å²) in [4.78, 5) is 16.2. The summed E-state index contributed by atoms with van der Waals surface area (Å²) >= 11 is 0. The zero-order valence-electron chi connectivity index (χ0n) is 15.0. The van der Waals surface area contributed by atoms with Crippen molar-refractivity contribution in [3.63, 3.8) is 0 Å². The van der Waals surface area contributed by atoms with E-state index in [0.29, 0.717) is 18.5 Å². The summed E-state index contributed by atoms with van der Waals surface area (Å²) in [5.41, 5.74) is 1.12. The lowest BCUT2D eigenvalue weighted by Crippen LogP contribution is -2.45. The van der Waals surface area contributed by atoms with Gasteiger partial charge in [0, 0.05) is 19.6 Å². The molecule has 6 nitrogen and oxygen atoms in total. The number of ether oxygens (including phenoxy) is 1. The molecule has 1 aromatic carbocycles. The number of rotatable bonds is 6. The molecule has 2 rings (SSSR count). The van der Waals surface area contributed by atoms with Gasteiger partial charge < -0.3 is 20.7 Å². The standard InChI is InChI=1S/C18H28N4O2.HI/c1-19-18(20-12-14-8-10-16(24-2)11-9-14)21-13-17(23)22-15-6-4-3-5-7-15;/h8-11,15H,3-7,12-13H2,1-2H3,(H,22,23)(H2,19,20,21);1H. The highest BCUT2D eigenvalue weighted by Crippen LogP contribution is 2.17. The van der Waals surface area contributed by atoms with E-state index < -0.39 is 0 Å². The van der Waals surface area contributed by atoms with E-state index in [1.165, 1.54) is 19.3 Å². The van der Waals surface area contributed by atoms with Crippen LogP contribution in [-0.2, 0) is 11.3 Å². The molecule has 1 amide bonds. The molecule has 1 aromatic rings. The predicted octanol–water partition coefficient (Wildman–Crippen LogP) is 2.43. The second-order valence-corrected chi connectivity index (χ2v) is 6.03. The van der Waals surface area contributed by atoms with Gasteiger partial charge in [0.1, 0.15) is 5.75 Å². The summed E-state index contributed by atoms with van der Waals surface area (Å²) in [6.07, 6.45) is 5.89. The minimum absolute atomic E-state index is 0. The van der Waals surface area contributed by atoms with E-state index in [4.69, 9.17) is 4.74 Å². The highest BCUT2D eigenvalue weighted by Gasteiger charge is 2.15. The lowest BCUT2D eigenvalue weighted by Gasteiger charge is -2.23. The molecule has 1 fully saturated rings. The third kappa shape index (κ3) is 7.94. The average molecular weight is 460 g/mol. The molecule has 1 aliphatic rings. The average Bonchev–Trinajstić information content (AvgIpc) is 2.63. The molecule has 0 bridgehead atoms. The minimum atomic E-state index is 0. The van der Waals surface area contributed by atoms with E-state index in [0.717, 1.165) is 24.2 Å². The van der Waals surface area contributed by atoms with Gasteiger partial charge in [-0.25, -0.2) is 0 Å². The van der Waals surface area contributed by atoms with Gasteiger partial charge in [-0.3, -0.25) is 9.79 Å². The first kappa shape index (κ1) is 21.5. The molecule has 0 spiro atoms. The van der Waals surface area contributed by atoms with Crippen molar-refractivity contribution in [2.45, 2.75) is 44.7 Å². The highest BCUT2D eigenvalue weighted by atomic mass is 127. The normalized spacial score (nSPS) is 15.0. The molecule has 25 heavy (non-hydrogen) atoms. The second kappa shape index (κ2) is 11.9. The first-order chi connectivity index (χ1) is 11.7. The van der Waals surface area contributed by atoms with Crippen LogP contribution in [0, 0.1) is 0 Å². The molecule has 1 saturated carbocycles. The number of amides is 1. The van der Waals surface area contributed by atoms with Crippen molar-refractivity contribution < 1.29 is 9.53 Å². The summed E-state index contributed by atoms with van der Waals surface area (Å²) in [6.45, 7) is 0.868. The van der Waals surface area contributed by atoms with Crippen molar-refractivity contribution in [2.24, 2.45) is 4.99 Å². The monoisotopic (exact) mass is 460 g/mol. The molecule has 0 aliphatic heterocycles. The summed E-state index contributed by atoms with van der Waals surface area (Å²) in [5.74, 6) is 1.47. The molecule has 0 saturated heterocycles. The van der Waals surface area contributed by atoms with E-state index in [9.17, 15) is 4.79 Å². The van der Waals surface area contributed by atoms with Crippen molar-refractivity contribution in [1.29, 1.82) is 0 Å². The van der Waals surface area contributed by atoms with Crippen LogP contribution in [0.1, 0.15) is 37.7 Å². The lowest BCUT2D eigenvalue weighted by molar-refractivity contribution is -0.120. The predicted molar refractivity (Wildman–Crippen MR) is 112 cm³/mol. The van der Waals surface area contributed by atoms with Gasteiger partial charge in [-0.1, -0.05) is 31.4 Å². The van der Waals surface area contributed by atoms with Gasteiger partial charge in [0.25, 0.3) is 0 Å². The SMILES string of the molecule is CN=C(NCC(=O)NC1CCCCC1)NCc1ccc(OC)cc1.I. The smallest absolute Gasteiger partial charge is 0.239 e. The van der Waals surface area contributed by atoms with Crippen LogP contribution in [0.15, 0.2) is 29.3 Å². The van der Waals surface area contributed by atoms with Crippen LogP contribution in [0.4, 0.5) is 0 Å². The Hall–Kier alpha value is -1.51. The van der Waals surface area contributed by atoms with Gasteiger partial charge in [-0.15, -0.1) is 24.0 Å². The van der Waals surface area contributed by atoms with Crippen LogP contribution in [0.5, 0.6) is 5.75 Å². The summed E-state index contributed by atoms with van der Waals surface area (Å²) in [7, 11) is 3.35. The Morgan fingerprint density at radius 1 is 1.16 bits per heavy atom. The molecular formula is C18H29IN4O2. The number of methoxy groups -OCH3 is 1. The fraction of sp³-hybridized carbons (Fsp3) is 0.556. The van der Waals surface area contributed by atoms with E-state index in [2.05, 4.69) is 20.9 Å². The molecule has 0 heterocycles. The van der Waals surface area contributed by atoms with Gasteiger partial charge in [0.2, 0.25) is 5.91 Å². The molecule has 0 unspecified atom stereocenters. The number of nitrogens with one attached hydrogen (secondary N) is 3. The quantitative estimate of drug-likeness (QED) is 0.347. The van der Waals surface area contributed by atoms with Crippen molar-refractivity contribution in [2.75, 3.05) is 20.7 Å². The number of carbonyl (C=O) groups excluding carboxylic acids is 1. The topological polar surface area (TPSA) is 74.8 Å². The molecule has 7 heteroatoms. The fourth-order valence-corrected chi connectivity index (χ4v) is 2.84. The maximum Gasteiger partial charge on any atom is 0.239 e.